The maximum Gasteiger partial charge on any atom is 0.328 e. The van der Waals surface area contributed by atoms with Crippen molar-refractivity contribution in [3.8, 4) is 0 Å². The fourth-order valence-corrected chi connectivity index (χ4v) is 3.85. The maximum absolute atomic E-state index is 13.7. The normalized spacial score (nSPS) is 27.6. The molecule has 1 saturated heterocycles. The standard InChI is InChI=1S/C13H14Cl2FN.C4H4O4/c14-11-2-1-8(4-12(11)15)13-5-10(16)3-9(13)6-17-7-13;5-3(6)1-2-4(7)8/h1-2,4,9-10,17H,3,5-7H2;1-2H,(H,5,6)(H,7,8)/b;2-1+/t9-,10+,13+;/m1./s1. The molecule has 0 radical (unpaired) electrons. The van der Waals surface area contributed by atoms with Gasteiger partial charge in [0.05, 0.1) is 10.0 Å². The lowest BCUT2D eigenvalue weighted by molar-refractivity contribution is -0.134. The largest absolute Gasteiger partial charge is 0.478 e. The van der Waals surface area contributed by atoms with Crippen molar-refractivity contribution in [2.45, 2.75) is 24.4 Å². The van der Waals surface area contributed by atoms with Gasteiger partial charge in [0.1, 0.15) is 6.17 Å². The lowest BCUT2D eigenvalue weighted by atomic mass is 9.74. The highest BCUT2D eigenvalue weighted by molar-refractivity contribution is 6.42. The van der Waals surface area contributed by atoms with Gasteiger partial charge in [0, 0.05) is 24.1 Å². The SMILES string of the molecule is F[C@H]1C[C@@H]2CNC[C@]2(c2ccc(Cl)c(Cl)c2)C1.O=C(O)/C=C/C(=O)O. The maximum atomic E-state index is 13.7. The Balaban J connectivity index is 0.000000242. The zero-order valence-electron chi connectivity index (χ0n) is 13.2. The summed E-state index contributed by atoms with van der Waals surface area (Å²) >= 11 is 12.0. The first-order valence-corrected chi connectivity index (χ1v) is 8.44. The number of fused-ring (bicyclic) bond motifs is 1. The van der Waals surface area contributed by atoms with Crippen LogP contribution in [-0.4, -0.2) is 41.4 Å². The average Bonchev–Trinajstić information content (AvgIpc) is 3.05. The third-order valence-electron chi connectivity index (χ3n) is 4.60. The summed E-state index contributed by atoms with van der Waals surface area (Å²) in [5, 5.41) is 20.1. The van der Waals surface area contributed by atoms with E-state index in [9.17, 15) is 14.0 Å². The average molecular weight is 390 g/mol. The van der Waals surface area contributed by atoms with Crippen molar-refractivity contribution >= 4 is 35.1 Å². The molecule has 1 aliphatic carbocycles. The molecule has 1 aliphatic heterocycles. The molecule has 1 aromatic carbocycles. The van der Waals surface area contributed by atoms with E-state index in [1.54, 1.807) is 0 Å². The zero-order chi connectivity index (χ0) is 18.6. The number of hydrogen-bond acceptors (Lipinski definition) is 3. The van der Waals surface area contributed by atoms with Gasteiger partial charge in [-0.1, -0.05) is 29.3 Å². The van der Waals surface area contributed by atoms with Crippen LogP contribution in [0, 0.1) is 5.92 Å². The summed E-state index contributed by atoms with van der Waals surface area (Å²) in [7, 11) is 0. The number of hydrogen-bond donors (Lipinski definition) is 3. The van der Waals surface area contributed by atoms with Gasteiger partial charge in [-0.2, -0.15) is 0 Å². The van der Waals surface area contributed by atoms with Gasteiger partial charge in [0.15, 0.2) is 0 Å². The number of carbonyl (C=O) groups is 2. The van der Waals surface area contributed by atoms with Gasteiger partial charge < -0.3 is 15.5 Å². The quantitative estimate of drug-likeness (QED) is 0.690. The summed E-state index contributed by atoms with van der Waals surface area (Å²) in [6.07, 6.45) is 1.69. The predicted octanol–water partition coefficient (Wildman–Crippen LogP) is 3.29. The Hall–Kier alpha value is -1.63. The van der Waals surface area contributed by atoms with Gasteiger partial charge in [-0.15, -0.1) is 0 Å². The molecule has 1 saturated carbocycles. The molecule has 0 unspecified atom stereocenters. The Morgan fingerprint density at radius 2 is 1.84 bits per heavy atom. The highest BCUT2D eigenvalue weighted by Gasteiger charge is 2.51. The summed E-state index contributed by atoms with van der Waals surface area (Å²) in [5.74, 6) is -2.13. The summed E-state index contributed by atoms with van der Waals surface area (Å²) < 4.78 is 13.7. The minimum absolute atomic E-state index is 0.0757. The summed E-state index contributed by atoms with van der Waals surface area (Å²) in [6, 6.07) is 5.71. The van der Waals surface area contributed by atoms with Crippen molar-refractivity contribution in [2.75, 3.05) is 13.1 Å². The second kappa shape index (κ2) is 8.17. The third-order valence-corrected chi connectivity index (χ3v) is 5.34. The molecule has 0 bridgehead atoms. The van der Waals surface area contributed by atoms with Crippen molar-refractivity contribution in [3.05, 3.63) is 46.0 Å². The summed E-state index contributed by atoms with van der Waals surface area (Å²) in [4.78, 5) is 19.1. The predicted molar refractivity (Wildman–Crippen MR) is 93.0 cm³/mol. The zero-order valence-corrected chi connectivity index (χ0v) is 14.7. The number of alkyl halides is 1. The van der Waals surface area contributed by atoms with E-state index in [4.69, 9.17) is 33.4 Å². The molecular weight excluding hydrogens is 372 g/mol. The Labute approximate surface area is 154 Å². The number of carboxylic acids is 2. The molecule has 1 heterocycles. The van der Waals surface area contributed by atoms with Crippen LogP contribution in [0.5, 0.6) is 0 Å². The molecule has 136 valence electrons. The van der Waals surface area contributed by atoms with Gasteiger partial charge in [-0.25, -0.2) is 14.0 Å². The molecule has 2 aliphatic rings. The lowest BCUT2D eigenvalue weighted by Crippen LogP contribution is -2.31. The van der Waals surface area contributed by atoms with Gasteiger partial charge >= 0.3 is 11.9 Å². The van der Waals surface area contributed by atoms with Crippen LogP contribution in [-0.2, 0) is 15.0 Å². The van der Waals surface area contributed by atoms with Crippen LogP contribution in [0.1, 0.15) is 18.4 Å². The highest BCUT2D eigenvalue weighted by atomic mass is 35.5. The topological polar surface area (TPSA) is 86.6 Å². The Morgan fingerprint density at radius 1 is 1.20 bits per heavy atom. The van der Waals surface area contributed by atoms with Crippen LogP contribution in [0.4, 0.5) is 4.39 Å². The Morgan fingerprint density at radius 3 is 2.40 bits per heavy atom. The third kappa shape index (κ3) is 4.71. The number of benzene rings is 1. The van der Waals surface area contributed by atoms with Crippen LogP contribution in [0.15, 0.2) is 30.4 Å². The van der Waals surface area contributed by atoms with E-state index >= 15 is 0 Å². The van der Waals surface area contributed by atoms with Gasteiger partial charge in [0.2, 0.25) is 0 Å². The molecule has 0 spiro atoms. The van der Waals surface area contributed by atoms with Crippen LogP contribution < -0.4 is 5.32 Å². The Bertz CT molecular complexity index is 681. The molecule has 8 heteroatoms. The molecule has 3 rings (SSSR count). The van der Waals surface area contributed by atoms with E-state index in [0.29, 0.717) is 41.0 Å². The smallest absolute Gasteiger partial charge is 0.328 e. The fourth-order valence-electron chi connectivity index (χ4n) is 3.55. The van der Waals surface area contributed by atoms with E-state index in [-0.39, 0.29) is 5.41 Å². The van der Waals surface area contributed by atoms with Crippen LogP contribution in [0.3, 0.4) is 0 Å². The van der Waals surface area contributed by atoms with Gasteiger partial charge in [-0.05, 0) is 43.0 Å². The molecule has 1 aromatic rings. The Kier molecular flexibility index (Phi) is 6.43. The summed E-state index contributed by atoms with van der Waals surface area (Å²) in [6.45, 7) is 1.75. The molecule has 0 aromatic heterocycles. The minimum atomic E-state index is -1.26. The molecule has 0 amide bonds. The van der Waals surface area contributed by atoms with Crippen molar-refractivity contribution in [3.63, 3.8) is 0 Å². The first kappa shape index (κ1) is 19.7. The monoisotopic (exact) mass is 389 g/mol. The van der Waals surface area contributed by atoms with E-state index in [1.165, 1.54) is 0 Å². The van der Waals surface area contributed by atoms with Crippen LogP contribution in [0.2, 0.25) is 10.0 Å². The first-order chi connectivity index (χ1) is 11.7. The second-order valence-electron chi connectivity index (χ2n) is 6.16. The van der Waals surface area contributed by atoms with Gasteiger partial charge in [-0.3, -0.25) is 0 Å². The molecule has 25 heavy (non-hydrogen) atoms. The van der Waals surface area contributed by atoms with Crippen molar-refractivity contribution in [1.29, 1.82) is 0 Å². The second-order valence-corrected chi connectivity index (χ2v) is 6.97. The van der Waals surface area contributed by atoms with Crippen molar-refractivity contribution in [1.82, 2.24) is 5.32 Å². The van der Waals surface area contributed by atoms with E-state index in [0.717, 1.165) is 18.7 Å². The number of halogens is 3. The number of carboxylic acid groups (broad SMARTS) is 2. The lowest BCUT2D eigenvalue weighted by Gasteiger charge is -2.29. The molecule has 3 N–H and O–H groups in total. The van der Waals surface area contributed by atoms with Crippen LogP contribution >= 0.6 is 23.2 Å². The number of rotatable bonds is 3. The van der Waals surface area contributed by atoms with E-state index in [1.807, 2.05) is 18.2 Å². The minimum Gasteiger partial charge on any atom is -0.478 e. The van der Waals surface area contributed by atoms with Crippen molar-refractivity contribution < 1.29 is 24.2 Å². The fraction of sp³-hybridized carbons (Fsp3) is 0.412. The molecule has 3 atom stereocenters. The molecule has 5 nitrogen and oxygen atoms in total. The van der Waals surface area contributed by atoms with E-state index < -0.39 is 18.1 Å². The molecular formula is C17H18Cl2FNO4. The summed E-state index contributed by atoms with van der Waals surface area (Å²) in [5.41, 5.74) is 1.05. The number of aliphatic carboxylic acids is 2. The molecule has 2 fully saturated rings. The van der Waals surface area contributed by atoms with Gasteiger partial charge in [0.25, 0.3) is 0 Å². The van der Waals surface area contributed by atoms with Crippen LogP contribution in [0.25, 0.3) is 0 Å². The van der Waals surface area contributed by atoms with E-state index in [2.05, 4.69) is 5.32 Å². The highest BCUT2D eigenvalue weighted by Crippen LogP contribution is 2.49. The number of nitrogens with one attached hydrogen (secondary N) is 1. The van der Waals surface area contributed by atoms with Crippen molar-refractivity contribution in [2.24, 2.45) is 5.92 Å². The first-order valence-electron chi connectivity index (χ1n) is 7.69.